The third-order valence-electron chi connectivity index (χ3n) is 3.22. The predicted octanol–water partition coefficient (Wildman–Crippen LogP) is 5.18. The van der Waals surface area contributed by atoms with Crippen LogP contribution in [-0.4, -0.2) is 12.6 Å². The van der Waals surface area contributed by atoms with Crippen LogP contribution in [0.15, 0.2) is 0 Å². The molecule has 4 heteroatoms. The minimum Gasteiger partial charge on any atom is -0.298 e. The van der Waals surface area contributed by atoms with Crippen molar-refractivity contribution in [2.24, 2.45) is 0 Å². The van der Waals surface area contributed by atoms with Gasteiger partial charge in [0.1, 0.15) is 0 Å². The van der Waals surface area contributed by atoms with Crippen LogP contribution < -0.4 is 0 Å². The molecule has 0 amide bonds. The van der Waals surface area contributed by atoms with Crippen LogP contribution >= 0.6 is 0 Å². The molecule has 0 aliphatic carbocycles. The quantitative estimate of drug-likeness (QED) is 0.190. The molecule has 0 fully saturated rings. The smallest absolute Gasteiger partial charge is 0.298 e. The summed E-state index contributed by atoms with van der Waals surface area (Å²) in [6.45, 7) is 4.93. The van der Waals surface area contributed by atoms with Gasteiger partial charge in [-0.05, 0) is 12.8 Å². The Bertz CT molecular complexity index is 198. The first-order valence-corrected chi connectivity index (χ1v) is 8.13. The van der Waals surface area contributed by atoms with Gasteiger partial charge in [0.15, 0.2) is 0 Å². The zero-order valence-corrected chi connectivity index (χ0v) is 16.6. The molecular formula is C16H32O3Zn. The molecule has 116 valence electrons. The van der Waals surface area contributed by atoms with Gasteiger partial charge in [-0.1, -0.05) is 71.6 Å². The zero-order valence-electron chi connectivity index (χ0n) is 13.6. The molecule has 0 aromatic rings. The summed E-state index contributed by atoms with van der Waals surface area (Å²) >= 11 is 0. The molecular weight excluding hydrogens is 306 g/mol. The Balaban J connectivity index is 0. The van der Waals surface area contributed by atoms with Gasteiger partial charge in [-0.2, -0.15) is 4.89 Å². The van der Waals surface area contributed by atoms with Crippen LogP contribution in [0.25, 0.3) is 0 Å². The van der Waals surface area contributed by atoms with Gasteiger partial charge in [0.25, 0.3) is 0 Å². The Kier molecular flexibility index (Phi) is 21.3. The number of rotatable bonds is 14. The van der Waals surface area contributed by atoms with E-state index in [1.54, 1.807) is 0 Å². The minimum absolute atomic E-state index is 0. The Hall–Kier alpha value is 0.0534. The summed E-state index contributed by atoms with van der Waals surface area (Å²) in [5.74, 6) is -0.220. The van der Waals surface area contributed by atoms with Gasteiger partial charge in [0, 0.05) is 25.9 Å². The molecule has 0 heterocycles. The fraction of sp³-hybridized carbons (Fsp3) is 0.938. The third-order valence-corrected chi connectivity index (χ3v) is 3.22. The maximum absolute atomic E-state index is 11.3. The van der Waals surface area contributed by atoms with Gasteiger partial charge in [0.2, 0.25) is 0 Å². The van der Waals surface area contributed by atoms with Crippen molar-refractivity contribution in [3.63, 3.8) is 0 Å². The Morgan fingerprint density at radius 2 is 1.25 bits per heavy atom. The molecule has 0 atom stereocenters. The molecule has 3 nitrogen and oxygen atoms in total. The summed E-state index contributed by atoms with van der Waals surface area (Å²) in [5.41, 5.74) is 0. The second-order valence-corrected chi connectivity index (χ2v) is 5.21. The molecule has 0 radical (unpaired) electrons. The second kappa shape index (κ2) is 19.1. The molecule has 0 unspecified atom stereocenters. The first-order valence-electron chi connectivity index (χ1n) is 8.13. The summed E-state index contributed by atoms with van der Waals surface area (Å²) in [5, 5.41) is 0. The van der Waals surface area contributed by atoms with E-state index in [0.717, 1.165) is 25.7 Å². The van der Waals surface area contributed by atoms with Crippen LogP contribution in [0, 0.1) is 0 Å². The van der Waals surface area contributed by atoms with Crippen LogP contribution in [0.2, 0.25) is 0 Å². The fourth-order valence-electron chi connectivity index (χ4n) is 1.96. The first-order chi connectivity index (χ1) is 9.31. The summed E-state index contributed by atoms with van der Waals surface area (Å²) in [6, 6.07) is 0. The standard InChI is InChI=1S/C16H32O3.Zn/c1-3-5-7-9-11-13-15-18-19-16(17)14-12-10-8-6-4-2;/h3-15H2,1-2H3;. The number of hydrogen-bond acceptors (Lipinski definition) is 3. The van der Waals surface area contributed by atoms with E-state index in [-0.39, 0.29) is 25.4 Å². The normalized spacial score (nSPS) is 10.1. The Morgan fingerprint density at radius 1 is 0.750 bits per heavy atom. The van der Waals surface area contributed by atoms with Crippen LogP contribution in [0.3, 0.4) is 0 Å². The van der Waals surface area contributed by atoms with Gasteiger partial charge in [-0.3, -0.25) is 4.89 Å². The summed E-state index contributed by atoms with van der Waals surface area (Å²) in [6.07, 6.45) is 13.5. The van der Waals surface area contributed by atoms with Gasteiger partial charge in [0.05, 0.1) is 6.61 Å². The van der Waals surface area contributed by atoms with Crippen molar-refractivity contribution in [2.45, 2.75) is 90.9 Å². The fourth-order valence-corrected chi connectivity index (χ4v) is 1.96. The molecule has 0 saturated heterocycles. The van der Waals surface area contributed by atoms with Crippen molar-refractivity contribution in [3.8, 4) is 0 Å². The third kappa shape index (κ3) is 18.1. The van der Waals surface area contributed by atoms with Crippen molar-refractivity contribution in [2.75, 3.05) is 6.61 Å². The van der Waals surface area contributed by atoms with Crippen LogP contribution in [-0.2, 0) is 34.0 Å². The van der Waals surface area contributed by atoms with Crippen molar-refractivity contribution in [1.29, 1.82) is 0 Å². The van der Waals surface area contributed by atoms with Crippen LogP contribution in [0.4, 0.5) is 0 Å². The van der Waals surface area contributed by atoms with E-state index < -0.39 is 0 Å². The Morgan fingerprint density at radius 3 is 1.85 bits per heavy atom. The monoisotopic (exact) mass is 336 g/mol. The van der Waals surface area contributed by atoms with E-state index in [2.05, 4.69) is 13.8 Å². The molecule has 0 aromatic heterocycles. The van der Waals surface area contributed by atoms with Gasteiger partial charge in [-0.15, -0.1) is 0 Å². The van der Waals surface area contributed by atoms with Crippen LogP contribution in [0.1, 0.15) is 90.9 Å². The minimum atomic E-state index is -0.220. The molecule has 0 spiro atoms. The first kappa shape index (κ1) is 22.3. The summed E-state index contributed by atoms with van der Waals surface area (Å²) in [7, 11) is 0. The van der Waals surface area contributed by atoms with E-state index in [4.69, 9.17) is 9.78 Å². The maximum Gasteiger partial charge on any atom is 0.342 e. The summed E-state index contributed by atoms with van der Waals surface area (Å²) < 4.78 is 0. The van der Waals surface area contributed by atoms with E-state index in [1.807, 2.05) is 0 Å². The van der Waals surface area contributed by atoms with Gasteiger partial charge >= 0.3 is 5.97 Å². The average Bonchev–Trinajstić information content (AvgIpc) is 2.41. The molecule has 0 aliphatic heterocycles. The summed E-state index contributed by atoms with van der Waals surface area (Å²) in [4.78, 5) is 21.0. The van der Waals surface area contributed by atoms with Crippen molar-refractivity contribution in [1.82, 2.24) is 0 Å². The average molecular weight is 338 g/mol. The van der Waals surface area contributed by atoms with Gasteiger partial charge in [-0.25, -0.2) is 4.79 Å². The van der Waals surface area contributed by atoms with Crippen LogP contribution in [0.5, 0.6) is 0 Å². The largest absolute Gasteiger partial charge is 0.342 e. The van der Waals surface area contributed by atoms with E-state index >= 15 is 0 Å². The van der Waals surface area contributed by atoms with E-state index in [1.165, 1.54) is 44.9 Å². The second-order valence-electron chi connectivity index (χ2n) is 5.21. The number of carbonyl (C=O) groups excluding carboxylic acids is 1. The van der Waals surface area contributed by atoms with E-state index in [9.17, 15) is 4.79 Å². The van der Waals surface area contributed by atoms with Crippen molar-refractivity contribution >= 4 is 5.97 Å². The zero-order chi connectivity index (χ0) is 14.2. The van der Waals surface area contributed by atoms with E-state index in [0.29, 0.717) is 13.0 Å². The van der Waals surface area contributed by atoms with Gasteiger partial charge < -0.3 is 0 Å². The molecule has 0 saturated carbocycles. The molecule has 20 heavy (non-hydrogen) atoms. The number of unbranched alkanes of at least 4 members (excludes halogenated alkanes) is 9. The predicted molar refractivity (Wildman–Crippen MR) is 78.8 cm³/mol. The molecule has 0 rings (SSSR count). The Labute approximate surface area is 137 Å². The SMILES string of the molecule is CCCCCCCCOOC(=O)CCCCCCC.[Zn]. The molecule has 0 aromatic carbocycles. The maximum atomic E-state index is 11.3. The molecule has 0 aliphatic rings. The molecule has 0 N–H and O–H groups in total. The topological polar surface area (TPSA) is 35.5 Å². The number of carbonyl (C=O) groups is 1. The van der Waals surface area contributed by atoms with Crippen molar-refractivity contribution in [3.05, 3.63) is 0 Å². The molecule has 0 bridgehead atoms. The number of hydrogen-bond donors (Lipinski definition) is 0. The van der Waals surface area contributed by atoms with Crippen molar-refractivity contribution < 1.29 is 34.0 Å².